The Morgan fingerprint density at radius 1 is 1.13 bits per heavy atom. The van der Waals surface area contributed by atoms with E-state index in [-0.39, 0.29) is 22.0 Å². The molecular weight excluding hydrogens is 478 g/mol. The van der Waals surface area contributed by atoms with Crippen LogP contribution < -0.4 is 15.4 Å². The molecule has 12 heteroatoms. The number of pyridine rings is 1. The van der Waals surface area contributed by atoms with E-state index in [2.05, 4.69) is 25.6 Å². The zero-order valence-corrected chi connectivity index (χ0v) is 17.5. The number of carbonyl (C=O) groups is 1. The maximum atomic E-state index is 12.8. The second-order valence-electron chi connectivity index (χ2n) is 5.88. The summed E-state index contributed by atoms with van der Waals surface area (Å²) in [5, 5.41) is 11.2. The number of carbonyl (C=O) groups excluding carboxylic acids is 1. The summed E-state index contributed by atoms with van der Waals surface area (Å²) in [5.74, 6) is 0. The molecule has 0 radical (unpaired) electrons. The number of nitrogens with zero attached hydrogens (tertiary/aromatic N) is 3. The van der Waals surface area contributed by atoms with Crippen LogP contribution in [-0.2, 0) is 10.0 Å². The normalized spacial score (nSPS) is 11.0. The van der Waals surface area contributed by atoms with Crippen molar-refractivity contribution in [2.24, 2.45) is 5.73 Å². The number of nitro benzene ring substituents is 1. The number of anilines is 3. The first-order chi connectivity index (χ1) is 14.2. The molecule has 0 aliphatic heterocycles. The van der Waals surface area contributed by atoms with Crippen LogP contribution >= 0.6 is 15.9 Å². The standard InChI is InChI=1S/C18H14BrN5O5S/c19-14-5-1-2-6-16(14)23(18(20)25)17-8-7-12(24(26)27)10-15(17)22-30(28,29)13-4-3-9-21-11-13/h1-11,22H,(H2,20,25). The first kappa shape index (κ1) is 21.2. The highest BCUT2D eigenvalue weighted by Crippen LogP contribution is 2.38. The fourth-order valence-corrected chi connectivity index (χ4v) is 4.11. The van der Waals surface area contributed by atoms with Gasteiger partial charge in [-0.05, 0) is 46.3 Å². The van der Waals surface area contributed by atoms with Crippen LogP contribution in [0.4, 0.5) is 27.5 Å². The van der Waals surface area contributed by atoms with Gasteiger partial charge in [0, 0.05) is 29.0 Å². The molecular formula is C18H14BrN5O5S. The molecule has 0 atom stereocenters. The van der Waals surface area contributed by atoms with Crippen LogP contribution in [0, 0.1) is 10.1 Å². The van der Waals surface area contributed by atoms with E-state index in [1.165, 1.54) is 24.4 Å². The number of halogens is 1. The van der Waals surface area contributed by atoms with Crippen molar-refractivity contribution in [3.05, 3.63) is 81.6 Å². The van der Waals surface area contributed by atoms with Crippen molar-refractivity contribution in [2.75, 3.05) is 9.62 Å². The molecule has 1 aromatic heterocycles. The lowest BCUT2D eigenvalue weighted by Crippen LogP contribution is -2.32. The Morgan fingerprint density at radius 3 is 2.47 bits per heavy atom. The van der Waals surface area contributed by atoms with Gasteiger partial charge in [0.05, 0.1) is 22.0 Å². The van der Waals surface area contributed by atoms with E-state index in [1.807, 2.05) is 0 Å². The Labute approximate surface area is 179 Å². The van der Waals surface area contributed by atoms with Crippen molar-refractivity contribution in [3.8, 4) is 0 Å². The number of non-ortho nitro benzene ring substituents is 1. The Hall–Kier alpha value is -3.51. The Kier molecular flexibility index (Phi) is 5.99. The fourth-order valence-electron chi connectivity index (χ4n) is 2.62. The number of primary amides is 1. The second-order valence-corrected chi connectivity index (χ2v) is 8.41. The van der Waals surface area contributed by atoms with Gasteiger partial charge in [-0.15, -0.1) is 0 Å². The molecule has 0 unspecified atom stereocenters. The maximum Gasteiger partial charge on any atom is 0.323 e. The van der Waals surface area contributed by atoms with Gasteiger partial charge in [-0.1, -0.05) is 12.1 Å². The number of hydrogen-bond donors (Lipinski definition) is 2. The van der Waals surface area contributed by atoms with E-state index >= 15 is 0 Å². The predicted octanol–water partition coefficient (Wildman–Crippen LogP) is 3.77. The number of nitro groups is 1. The van der Waals surface area contributed by atoms with Gasteiger partial charge in [0.25, 0.3) is 15.7 Å². The monoisotopic (exact) mass is 491 g/mol. The summed E-state index contributed by atoms with van der Waals surface area (Å²) >= 11 is 3.32. The molecule has 0 saturated carbocycles. The molecule has 0 aliphatic rings. The van der Waals surface area contributed by atoms with Crippen molar-refractivity contribution in [3.63, 3.8) is 0 Å². The number of para-hydroxylation sites is 1. The molecule has 2 aromatic carbocycles. The van der Waals surface area contributed by atoms with Crippen molar-refractivity contribution in [2.45, 2.75) is 4.90 Å². The van der Waals surface area contributed by atoms with Crippen LogP contribution in [0.5, 0.6) is 0 Å². The lowest BCUT2D eigenvalue weighted by atomic mass is 10.2. The maximum absolute atomic E-state index is 12.8. The SMILES string of the molecule is NC(=O)N(c1ccccc1Br)c1ccc([N+](=O)[O-])cc1NS(=O)(=O)c1cccnc1. The summed E-state index contributed by atoms with van der Waals surface area (Å²) in [7, 11) is -4.16. The van der Waals surface area contributed by atoms with E-state index < -0.39 is 21.0 Å². The van der Waals surface area contributed by atoms with Crippen molar-refractivity contribution in [1.29, 1.82) is 0 Å². The van der Waals surface area contributed by atoms with Crippen LogP contribution in [0.2, 0.25) is 0 Å². The number of nitrogens with two attached hydrogens (primary N) is 1. The second kappa shape index (κ2) is 8.47. The van der Waals surface area contributed by atoms with E-state index in [0.717, 1.165) is 23.2 Å². The summed E-state index contributed by atoms with van der Waals surface area (Å²) < 4.78 is 28.3. The Bertz CT molecular complexity index is 1220. The highest BCUT2D eigenvalue weighted by molar-refractivity contribution is 9.10. The number of urea groups is 1. The molecule has 1 heterocycles. The average molecular weight is 492 g/mol. The van der Waals surface area contributed by atoms with Crippen LogP contribution in [0.25, 0.3) is 0 Å². The van der Waals surface area contributed by atoms with Gasteiger partial charge in [-0.2, -0.15) is 0 Å². The number of aromatic nitrogens is 1. The lowest BCUT2D eigenvalue weighted by molar-refractivity contribution is -0.384. The van der Waals surface area contributed by atoms with E-state index in [1.54, 1.807) is 24.3 Å². The molecule has 3 rings (SSSR count). The molecule has 10 nitrogen and oxygen atoms in total. The third kappa shape index (κ3) is 4.39. The van der Waals surface area contributed by atoms with Crippen molar-refractivity contribution < 1.29 is 18.1 Å². The molecule has 30 heavy (non-hydrogen) atoms. The molecule has 154 valence electrons. The topological polar surface area (TPSA) is 149 Å². The summed E-state index contributed by atoms with van der Waals surface area (Å²) in [6, 6.07) is 11.8. The average Bonchev–Trinajstić information content (AvgIpc) is 2.70. The van der Waals surface area contributed by atoms with Gasteiger partial charge in [-0.25, -0.2) is 13.2 Å². The predicted molar refractivity (Wildman–Crippen MR) is 114 cm³/mol. The Morgan fingerprint density at radius 2 is 1.87 bits per heavy atom. The van der Waals surface area contributed by atoms with Crippen LogP contribution in [0.1, 0.15) is 0 Å². The van der Waals surface area contributed by atoms with Gasteiger partial charge < -0.3 is 5.73 Å². The number of rotatable bonds is 6. The highest BCUT2D eigenvalue weighted by Gasteiger charge is 2.25. The number of nitrogens with one attached hydrogen (secondary N) is 1. The molecule has 0 spiro atoms. The largest absolute Gasteiger partial charge is 0.351 e. The van der Waals surface area contributed by atoms with Crippen molar-refractivity contribution >= 4 is 54.7 Å². The minimum absolute atomic E-state index is 0.00691. The van der Waals surface area contributed by atoms with Gasteiger partial charge in [0.1, 0.15) is 4.90 Å². The molecule has 0 fully saturated rings. The van der Waals surface area contributed by atoms with Gasteiger partial charge in [0.2, 0.25) is 0 Å². The minimum Gasteiger partial charge on any atom is -0.351 e. The van der Waals surface area contributed by atoms with Gasteiger partial charge in [-0.3, -0.25) is 24.7 Å². The number of sulfonamides is 1. The van der Waals surface area contributed by atoms with Crippen LogP contribution in [0.15, 0.2) is 76.4 Å². The van der Waals surface area contributed by atoms with E-state index in [9.17, 15) is 23.3 Å². The quantitative estimate of drug-likeness (QED) is 0.395. The van der Waals surface area contributed by atoms with Gasteiger partial charge in [0.15, 0.2) is 0 Å². The van der Waals surface area contributed by atoms with Crippen LogP contribution in [0.3, 0.4) is 0 Å². The zero-order valence-electron chi connectivity index (χ0n) is 15.1. The summed E-state index contributed by atoms with van der Waals surface area (Å²) in [6.07, 6.45) is 2.53. The van der Waals surface area contributed by atoms with E-state index in [4.69, 9.17) is 5.73 Å². The van der Waals surface area contributed by atoms with Gasteiger partial charge >= 0.3 is 6.03 Å². The smallest absolute Gasteiger partial charge is 0.323 e. The summed E-state index contributed by atoms with van der Waals surface area (Å²) in [5.41, 5.74) is 5.30. The Balaban J connectivity index is 2.19. The molecule has 0 aliphatic carbocycles. The lowest BCUT2D eigenvalue weighted by Gasteiger charge is -2.24. The molecule has 3 N–H and O–H groups in total. The third-order valence-electron chi connectivity index (χ3n) is 3.93. The number of hydrogen-bond acceptors (Lipinski definition) is 6. The van der Waals surface area contributed by atoms with Crippen molar-refractivity contribution in [1.82, 2.24) is 4.98 Å². The zero-order chi connectivity index (χ0) is 21.9. The summed E-state index contributed by atoms with van der Waals surface area (Å²) in [6.45, 7) is 0. The highest BCUT2D eigenvalue weighted by atomic mass is 79.9. The molecule has 3 aromatic rings. The molecule has 0 saturated heterocycles. The number of benzene rings is 2. The first-order valence-corrected chi connectivity index (χ1v) is 10.5. The van der Waals surface area contributed by atoms with E-state index in [0.29, 0.717) is 10.2 Å². The summed E-state index contributed by atoms with van der Waals surface area (Å²) in [4.78, 5) is 27.5. The fraction of sp³-hybridized carbons (Fsp3) is 0. The molecule has 2 amide bonds. The first-order valence-electron chi connectivity index (χ1n) is 8.26. The molecule has 0 bridgehead atoms. The number of amides is 2. The minimum atomic E-state index is -4.16. The third-order valence-corrected chi connectivity index (χ3v) is 5.96. The van der Waals surface area contributed by atoms with Crippen LogP contribution in [-0.4, -0.2) is 24.4 Å².